The summed E-state index contributed by atoms with van der Waals surface area (Å²) in [5, 5.41) is 13.0. The molecule has 0 bridgehead atoms. The maximum atomic E-state index is 12.8. The summed E-state index contributed by atoms with van der Waals surface area (Å²) in [7, 11) is 3.78. The molecule has 0 aromatic carbocycles. The molecule has 0 aliphatic heterocycles. The van der Waals surface area contributed by atoms with Crippen LogP contribution in [-0.2, 0) is 0 Å². The molecule has 1 unspecified atom stereocenters. The molecule has 0 spiro atoms. The van der Waals surface area contributed by atoms with E-state index in [1.807, 2.05) is 19.0 Å². The summed E-state index contributed by atoms with van der Waals surface area (Å²) < 4.78 is 12.8. The maximum Gasteiger partial charge on any atom is 0.214 e. The van der Waals surface area contributed by atoms with E-state index in [4.69, 9.17) is 0 Å². The van der Waals surface area contributed by atoms with Crippen molar-refractivity contribution in [2.45, 2.75) is 12.5 Å². The van der Waals surface area contributed by atoms with Gasteiger partial charge in [0.25, 0.3) is 0 Å². The second-order valence-electron chi connectivity index (χ2n) is 4.46. The van der Waals surface area contributed by atoms with E-state index in [1.165, 1.54) is 12.3 Å². The molecular weight excluding hydrogens is 209 g/mol. The molecule has 1 heterocycles. The van der Waals surface area contributed by atoms with Gasteiger partial charge in [-0.15, -0.1) is 0 Å². The fraction of sp³-hybridized carbons (Fsp3) is 0.545. The Labute approximate surface area is 95.1 Å². The molecular formula is C11H18FN3O. The first-order chi connectivity index (χ1) is 7.39. The van der Waals surface area contributed by atoms with E-state index in [2.05, 4.69) is 10.3 Å². The third kappa shape index (κ3) is 4.55. The van der Waals surface area contributed by atoms with Crippen LogP contribution in [0.2, 0.25) is 0 Å². The summed E-state index contributed by atoms with van der Waals surface area (Å²) in [4.78, 5) is 5.35. The van der Waals surface area contributed by atoms with Gasteiger partial charge in [0.15, 0.2) is 0 Å². The number of likely N-dealkylation sites (N-methyl/N-ethyl adjacent to an activating group) is 1. The van der Waals surface area contributed by atoms with Gasteiger partial charge in [-0.2, -0.15) is 4.39 Å². The fourth-order valence-corrected chi connectivity index (χ4v) is 1.54. The van der Waals surface area contributed by atoms with Crippen LogP contribution in [0, 0.1) is 5.95 Å². The molecule has 1 rings (SSSR count). The molecule has 0 amide bonds. The summed E-state index contributed by atoms with van der Waals surface area (Å²) >= 11 is 0. The quantitative estimate of drug-likeness (QED) is 0.735. The number of hydrogen-bond acceptors (Lipinski definition) is 4. The first-order valence-electron chi connectivity index (χ1n) is 5.12. The molecule has 0 saturated heterocycles. The molecule has 1 atom stereocenters. The van der Waals surface area contributed by atoms with Crippen molar-refractivity contribution in [1.29, 1.82) is 0 Å². The lowest BCUT2D eigenvalue weighted by Gasteiger charge is -2.27. The summed E-state index contributed by atoms with van der Waals surface area (Å²) in [6, 6.07) is 2.96. The van der Waals surface area contributed by atoms with Crippen molar-refractivity contribution in [2.24, 2.45) is 0 Å². The zero-order valence-electron chi connectivity index (χ0n) is 9.87. The van der Waals surface area contributed by atoms with Crippen LogP contribution in [0.15, 0.2) is 18.3 Å². The second kappa shape index (κ2) is 5.23. The summed E-state index contributed by atoms with van der Waals surface area (Å²) in [6.07, 6.45) is 1.39. The lowest BCUT2D eigenvalue weighted by Crippen LogP contribution is -2.43. The van der Waals surface area contributed by atoms with E-state index >= 15 is 0 Å². The van der Waals surface area contributed by atoms with E-state index in [-0.39, 0.29) is 0 Å². The molecule has 0 radical (unpaired) electrons. The van der Waals surface area contributed by atoms with Crippen molar-refractivity contribution in [2.75, 3.05) is 32.5 Å². The van der Waals surface area contributed by atoms with Gasteiger partial charge < -0.3 is 15.3 Å². The Balaban J connectivity index is 2.50. The Hall–Kier alpha value is -1.20. The SMILES string of the molecule is CN(C)CC(C)(O)CNc1ccnc(F)c1. The number of halogens is 1. The van der Waals surface area contributed by atoms with Crippen molar-refractivity contribution in [3.8, 4) is 0 Å². The first kappa shape index (κ1) is 12.9. The number of rotatable bonds is 5. The van der Waals surface area contributed by atoms with Crippen molar-refractivity contribution in [3.63, 3.8) is 0 Å². The minimum Gasteiger partial charge on any atom is -0.387 e. The highest BCUT2D eigenvalue weighted by atomic mass is 19.1. The van der Waals surface area contributed by atoms with Crippen molar-refractivity contribution in [3.05, 3.63) is 24.3 Å². The van der Waals surface area contributed by atoms with Crippen molar-refractivity contribution < 1.29 is 9.50 Å². The van der Waals surface area contributed by atoms with E-state index < -0.39 is 11.5 Å². The highest BCUT2D eigenvalue weighted by molar-refractivity contribution is 5.41. The topological polar surface area (TPSA) is 48.4 Å². The second-order valence-corrected chi connectivity index (χ2v) is 4.46. The largest absolute Gasteiger partial charge is 0.387 e. The number of anilines is 1. The van der Waals surface area contributed by atoms with E-state index in [9.17, 15) is 9.50 Å². The lowest BCUT2D eigenvalue weighted by molar-refractivity contribution is 0.0460. The fourth-order valence-electron chi connectivity index (χ4n) is 1.54. The van der Waals surface area contributed by atoms with Crippen molar-refractivity contribution in [1.82, 2.24) is 9.88 Å². The number of nitrogens with zero attached hydrogens (tertiary/aromatic N) is 2. The molecule has 0 fully saturated rings. The van der Waals surface area contributed by atoms with Gasteiger partial charge in [-0.3, -0.25) is 0 Å². The van der Waals surface area contributed by atoms with Crippen LogP contribution in [-0.4, -0.2) is 47.8 Å². The molecule has 0 aliphatic rings. The molecule has 5 heteroatoms. The molecule has 16 heavy (non-hydrogen) atoms. The van der Waals surface area contributed by atoms with Crippen LogP contribution in [0.1, 0.15) is 6.92 Å². The Bertz CT molecular complexity index is 342. The highest BCUT2D eigenvalue weighted by Crippen LogP contribution is 2.10. The van der Waals surface area contributed by atoms with Crippen LogP contribution < -0.4 is 5.32 Å². The average Bonchev–Trinajstić information content (AvgIpc) is 2.13. The molecule has 2 N–H and O–H groups in total. The third-order valence-corrected chi connectivity index (χ3v) is 2.06. The van der Waals surface area contributed by atoms with Crippen LogP contribution in [0.4, 0.5) is 10.1 Å². The van der Waals surface area contributed by atoms with Crippen LogP contribution in [0.5, 0.6) is 0 Å². The molecule has 0 saturated carbocycles. The molecule has 0 aliphatic carbocycles. The van der Waals surface area contributed by atoms with Crippen molar-refractivity contribution >= 4 is 5.69 Å². The Morgan fingerprint density at radius 1 is 1.56 bits per heavy atom. The molecule has 4 nitrogen and oxygen atoms in total. The van der Waals surface area contributed by atoms with E-state index in [0.717, 1.165) is 0 Å². The highest BCUT2D eigenvalue weighted by Gasteiger charge is 2.20. The first-order valence-corrected chi connectivity index (χ1v) is 5.12. The Morgan fingerprint density at radius 3 is 2.81 bits per heavy atom. The van der Waals surface area contributed by atoms with E-state index in [1.54, 1.807) is 13.0 Å². The van der Waals surface area contributed by atoms with Gasteiger partial charge in [0.2, 0.25) is 5.95 Å². The number of pyridine rings is 1. The molecule has 90 valence electrons. The number of nitrogens with one attached hydrogen (secondary N) is 1. The Morgan fingerprint density at radius 2 is 2.25 bits per heavy atom. The average molecular weight is 227 g/mol. The zero-order valence-corrected chi connectivity index (χ0v) is 9.87. The lowest BCUT2D eigenvalue weighted by atomic mass is 10.1. The Kier molecular flexibility index (Phi) is 4.20. The van der Waals surface area contributed by atoms with Gasteiger partial charge in [-0.05, 0) is 27.1 Å². The maximum absolute atomic E-state index is 12.8. The number of aromatic nitrogens is 1. The summed E-state index contributed by atoms with van der Waals surface area (Å²) in [6.45, 7) is 2.62. The minimum absolute atomic E-state index is 0.356. The summed E-state index contributed by atoms with van der Waals surface area (Å²) in [5.74, 6) is -0.530. The number of aliphatic hydroxyl groups is 1. The normalized spacial score (nSPS) is 14.9. The van der Waals surface area contributed by atoms with Crippen LogP contribution in [0.25, 0.3) is 0 Å². The standard InChI is InChI=1S/C11H18FN3O/c1-11(16,8-15(2)3)7-14-9-4-5-13-10(12)6-9/h4-6,16H,7-8H2,1-3H3,(H,13,14). The minimum atomic E-state index is -0.858. The third-order valence-electron chi connectivity index (χ3n) is 2.06. The predicted molar refractivity (Wildman–Crippen MR) is 61.9 cm³/mol. The van der Waals surface area contributed by atoms with Gasteiger partial charge >= 0.3 is 0 Å². The number of hydrogen-bond donors (Lipinski definition) is 2. The van der Waals surface area contributed by atoms with Gasteiger partial charge in [-0.1, -0.05) is 0 Å². The zero-order chi connectivity index (χ0) is 12.2. The predicted octanol–water partition coefficient (Wildman–Crippen LogP) is 0.945. The van der Waals surface area contributed by atoms with Gasteiger partial charge in [0.1, 0.15) is 0 Å². The van der Waals surface area contributed by atoms with Gasteiger partial charge in [0.05, 0.1) is 5.60 Å². The summed E-state index contributed by atoms with van der Waals surface area (Å²) in [5.41, 5.74) is -0.241. The smallest absolute Gasteiger partial charge is 0.214 e. The van der Waals surface area contributed by atoms with Gasteiger partial charge in [-0.25, -0.2) is 4.98 Å². The van der Waals surface area contributed by atoms with Crippen LogP contribution >= 0.6 is 0 Å². The van der Waals surface area contributed by atoms with Crippen LogP contribution in [0.3, 0.4) is 0 Å². The van der Waals surface area contributed by atoms with E-state index in [0.29, 0.717) is 18.8 Å². The monoisotopic (exact) mass is 227 g/mol. The molecule has 1 aromatic rings. The van der Waals surface area contributed by atoms with Gasteiger partial charge in [0, 0.05) is 31.0 Å². The molecule has 1 aromatic heterocycles.